The normalized spacial score (nSPS) is 10.5. The monoisotopic (exact) mass is 613 g/mol. The van der Waals surface area contributed by atoms with E-state index in [2.05, 4.69) is 18.1 Å². The van der Waals surface area contributed by atoms with Crippen molar-refractivity contribution in [3.8, 4) is 28.7 Å². The Labute approximate surface area is 258 Å². The zero-order valence-corrected chi connectivity index (χ0v) is 24.6. The van der Waals surface area contributed by atoms with Crippen molar-refractivity contribution in [3.63, 3.8) is 0 Å². The van der Waals surface area contributed by atoms with Gasteiger partial charge in [0.2, 0.25) is 5.89 Å². The van der Waals surface area contributed by atoms with Crippen LogP contribution in [-0.2, 0) is 19.1 Å². The lowest BCUT2D eigenvalue weighted by molar-refractivity contribution is -0.138. The molecular formula is C34H31NO10. The van der Waals surface area contributed by atoms with E-state index in [0.29, 0.717) is 54.2 Å². The summed E-state index contributed by atoms with van der Waals surface area (Å²) in [6, 6.07) is 16.3. The maximum atomic E-state index is 12.9. The van der Waals surface area contributed by atoms with Crippen molar-refractivity contribution >= 4 is 28.8 Å². The number of hydrogen-bond acceptors (Lipinski definition) is 11. The molecule has 0 N–H and O–H groups in total. The maximum Gasteiger partial charge on any atom is 0.347 e. The largest absolute Gasteiger partial charge is 0.493 e. The molecular weight excluding hydrogens is 582 g/mol. The molecule has 45 heavy (non-hydrogen) atoms. The second kappa shape index (κ2) is 15.7. The van der Waals surface area contributed by atoms with Crippen LogP contribution < -0.4 is 19.8 Å². The van der Waals surface area contributed by atoms with Gasteiger partial charge >= 0.3 is 23.5 Å². The van der Waals surface area contributed by atoms with Crippen LogP contribution in [-0.4, -0.2) is 49.3 Å². The molecule has 0 atom stereocenters. The minimum Gasteiger partial charge on any atom is -0.493 e. The van der Waals surface area contributed by atoms with Gasteiger partial charge in [-0.05, 0) is 73.2 Å². The van der Waals surface area contributed by atoms with Crippen LogP contribution in [0.3, 0.4) is 0 Å². The summed E-state index contributed by atoms with van der Waals surface area (Å²) in [4.78, 5) is 52.3. The molecule has 1 aromatic heterocycles. The SMILES string of the molecule is C=CC(=O)OCCCOc1ccc(C(=O)Oc2cc3c(=O)oc(-c4ccc(OCCCOC(=O)C=C)cc4)nc3cc2C)cc1. The summed E-state index contributed by atoms with van der Waals surface area (Å²) in [5.41, 5.74) is 1.19. The third kappa shape index (κ3) is 9.14. The van der Waals surface area contributed by atoms with Crippen LogP contribution in [0.1, 0.15) is 28.8 Å². The fourth-order valence-corrected chi connectivity index (χ4v) is 3.94. The van der Waals surface area contributed by atoms with Crippen molar-refractivity contribution in [2.24, 2.45) is 0 Å². The Kier molecular flexibility index (Phi) is 11.2. The van der Waals surface area contributed by atoms with Gasteiger partial charge in [-0.25, -0.2) is 24.2 Å². The molecule has 4 rings (SSSR count). The summed E-state index contributed by atoms with van der Waals surface area (Å²) >= 11 is 0. The third-order valence-corrected chi connectivity index (χ3v) is 6.26. The van der Waals surface area contributed by atoms with Gasteiger partial charge in [-0.15, -0.1) is 0 Å². The third-order valence-electron chi connectivity index (χ3n) is 6.26. The smallest absolute Gasteiger partial charge is 0.347 e. The minimum absolute atomic E-state index is 0.125. The highest BCUT2D eigenvalue weighted by atomic mass is 16.5. The molecule has 0 radical (unpaired) electrons. The van der Waals surface area contributed by atoms with Gasteiger partial charge in [0, 0.05) is 30.6 Å². The Morgan fingerprint density at radius 1 is 0.800 bits per heavy atom. The maximum absolute atomic E-state index is 12.9. The van der Waals surface area contributed by atoms with Gasteiger partial charge in [0.25, 0.3) is 0 Å². The Morgan fingerprint density at radius 3 is 1.91 bits per heavy atom. The van der Waals surface area contributed by atoms with Crippen molar-refractivity contribution in [1.82, 2.24) is 4.98 Å². The minimum atomic E-state index is -0.637. The molecule has 0 saturated heterocycles. The van der Waals surface area contributed by atoms with E-state index in [0.717, 1.165) is 12.2 Å². The van der Waals surface area contributed by atoms with Gasteiger partial charge in [-0.1, -0.05) is 13.2 Å². The standard InChI is InChI=1S/C34H31NO10/c1-4-30(36)42-18-6-16-40-25-12-8-23(9-13-25)32-35-28-20-22(3)29(21-27(28)34(39)45-32)44-33(38)24-10-14-26(15-11-24)41-17-7-19-43-31(37)5-2/h4-5,8-15,20-21H,1-2,6-7,16-19H2,3H3. The molecule has 11 heteroatoms. The number of ether oxygens (including phenoxy) is 5. The van der Waals surface area contributed by atoms with E-state index in [1.165, 1.54) is 6.07 Å². The first-order chi connectivity index (χ1) is 21.8. The summed E-state index contributed by atoms with van der Waals surface area (Å²) in [5.74, 6) is -0.142. The molecule has 1 heterocycles. The Hall–Kier alpha value is -5.71. The molecule has 4 aromatic rings. The molecule has 0 fully saturated rings. The van der Waals surface area contributed by atoms with Gasteiger partial charge in [0.05, 0.1) is 42.9 Å². The Bertz CT molecular complexity index is 1740. The number of rotatable bonds is 15. The van der Waals surface area contributed by atoms with Gasteiger partial charge in [0.1, 0.15) is 17.2 Å². The van der Waals surface area contributed by atoms with Crippen LogP contribution in [0.25, 0.3) is 22.4 Å². The number of aryl methyl sites for hydroxylation is 1. The fraction of sp³-hybridized carbons (Fsp3) is 0.206. The zero-order valence-electron chi connectivity index (χ0n) is 24.6. The van der Waals surface area contributed by atoms with Crippen LogP contribution in [0, 0.1) is 6.92 Å². The van der Waals surface area contributed by atoms with Gasteiger partial charge in [0.15, 0.2) is 0 Å². The molecule has 11 nitrogen and oxygen atoms in total. The molecule has 0 aliphatic heterocycles. The number of carbonyl (C=O) groups is 3. The summed E-state index contributed by atoms with van der Waals surface area (Å²) in [6.07, 6.45) is 3.21. The van der Waals surface area contributed by atoms with Crippen molar-refractivity contribution in [2.75, 3.05) is 26.4 Å². The second-order valence-electron chi connectivity index (χ2n) is 9.53. The predicted octanol–water partition coefficient (Wildman–Crippen LogP) is 5.38. The molecule has 232 valence electrons. The van der Waals surface area contributed by atoms with Gasteiger partial charge in [-0.2, -0.15) is 0 Å². The first-order valence-electron chi connectivity index (χ1n) is 14.0. The molecule has 0 amide bonds. The summed E-state index contributed by atoms with van der Waals surface area (Å²) in [5, 5.41) is 0.159. The van der Waals surface area contributed by atoms with E-state index >= 15 is 0 Å². The Balaban J connectivity index is 1.36. The number of carbonyl (C=O) groups excluding carboxylic acids is 3. The van der Waals surface area contributed by atoms with Crippen molar-refractivity contribution in [2.45, 2.75) is 19.8 Å². The zero-order chi connectivity index (χ0) is 32.2. The summed E-state index contributed by atoms with van der Waals surface area (Å²) < 4.78 is 32.1. The summed E-state index contributed by atoms with van der Waals surface area (Å²) in [6.45, 7) is 9.50. The van der Waals surface area contributed by atoms with E-state index in [9.17, 15) is 19.2 Å². The molecule has 0 spiro atoms. The van der Waals surface area contributed by atoms with E-state index in [1.54, 1.807) is 61.5 Å². The van der Waals surface area contributed by atoms with Crippen LogP contribution in [0.15, 0.2) is 95.2 Å². The van der Waals surface area contributed by atoms with E-state index in [-0.39, 0.29) is 35.8 Å². The first kappa shape index (κ1) is 32.2. The van der Waals surface area contributed by atoms with Gasteiger partial charge in [-0.3, -0.25) is 0 Å². The average molecular weight is 614 g/mol. The molecule has 0 bridgehead atoms. The second-order valence-corrected chi connectivity index (χ2v) is 9.53. The fourth-order valence-electron chi connectivity index (χ4n) is 3.94. The molecule has 0 aliphatic rings. The number of esters is 3. The van der Waals surface area contributed by atoms with Gasteiger partial charge < -0.3 is 28.1 Å². The predicted molar refractivity (Wildman–Crippen MR) is 164 cm³/mol. The van der Waals surface area contributed by atoms with E-state index < -0.39 is 23.5 Å². The highest BCUT2D eigenvalue weighted by Gasteiger charge is 2.16. The van der Waals surface area contributed by atoms with Crippen molar-refractivity contribution in [1.29, 1.82) is 0 Å². The molecule has 3 aromatic carbocycles. The van der Waals surface area contributed by atoms with Crippen molar-refractivity contribution < 1.29 is 42.5 Å². The van der Waals surface area contributed by atoms with Crippen molar-refractivity contribution in [3.05, 3.63) is 108 Å². The number of aromatic nitrogens is 1. The highest BCUT2D eigenvalue weighted by molar-refractivity contribution is 5.92. The van der Waals surface area contributed by atoms with Crippen LogP contribution >= 0.6 is 0 Å². The number of nitrogens with zero attached hydrogens (tertiary/aromatic N) is 1. The van der Waals surface area contributed by atoms with E-state index in [1.807, 2.05) is 0 Å². The lowest BCUT2D eigenvalue weighted by Gasteiger charge is -2.10. The highest BCUT2D eigenvalue weighted by Crippen LogP contribution is 2.27. The average Bonchev–Trinajstić information content (AvgIpc) is 3.05. The quantitative estimate of drug-likeness (QED) is 0.0739. The van der Waals surface area contributed by atoms with Crippen LogP contribution in [0.2, 0.25) is 0 Å². The number of hydrogen-bond donors (Lipinski definition) is 0. The molecule has 0 saturated carbocycles. The van der Waals surface area contributed by atoms with Crippen LogP contribution in [0.4, 0.5) is 0 Å². The number of fused-ring (bicyclic) bond motifs is 1. The van der Waals surface area contributed by atoms with Crippen LogP contribution in [0.5, 0.6) is 17.2 Å². The lowest BCUT2D eigenvalue weighted by Crippen LogP contribution is -2.11. The summed E-state index contributed by atoms with van der Waals surface area (Å²) in [7, 11) is 0. The Morgan fingerprint density at radius 2 is 1.36 bits per heavy atom. The van der Waals surface area contributed by atoms with E-state index in [4.69, 9.17) is 28.1 Å². The lowest BCUT2D eigenvalue weighted by atomic mass is 10.1. The molecule has 0 unspecified atom stereocenters. The first-order valence-corrected chi connectivity index (χ1v) is 14.0. The number of benzene rings is 3. The molecule has 0 aliphatic carbocycles. The topological polar surface area (TPSA) is 140 Å².